The summed E-state index contributed by atoms with van der Waals surface area (Å²) in [5, 5.41) is 23.5. The third kappa shape index (κ3) is 4.79. The zero-order valence-corrected chi connectivity index (χ0v) is 24.3. The summed E-state index contributed by atoms with van der Waals surface area (Å²) in [7, 11) is 0. The molecule has 230 valence electrons. The van der Waals surface area contributed by atoms with Crippen molar-refractivity contribution in [3.05, 3.63) is 71.8 Å². The van der Waals surface area contributed by atoms with Crippen LogP contribution in [0.5, 0.6) is 17.2 Å². The van der Waals surface area contributed by atoms with Gasteiger partial charge in [0.05, 0.1) is 17.1 Å². The van der Waals surface area contributed by atoms with E-state index in [9.17, 15) is 28.2 Å². The Hall–Kier alpha value is -3.50. The zero-order chi connectivity index (χ0) is 30.7. The van der Waals surface area contributed by atoms with Gasteiger partial charge in [-0.2, -0.15) is 0 Å². The molecular formula is C33H37F3N2O5. The van der Waals surface area contributed by atoms with Crippen molar-refractivity contribution < 1.29 is 37.7 Å². The highest BCUT2D eigenvalue weighted by atomic mass is 19.4. The molecule has 2 heterocycles. The fraction of sp³-hybridized carbons (Fsp3) is 0.485. The highest BCUT2D eigenvalue weighted by molar-refractivity contribution is 5.92. The molecule has 2 bridgehead atoms. The van der Waals surface area contributed by atoms with Gasteiger partial charge in [0.1, 0.15) is 11.9 Å². The van der Waals surface area contributed by atoms with Crippen LogP contribution in [-0.4, -0.2) is 75.7 Å². The highest BCUT2D eigenvalue weighted by Gasteiger charge is 2.73. The molecule has 1 saturated heterocycles. The minimum absolute atomic E-state index is 0.0261. The van der Waals surface area contributed by atoms with E-state index in [2.05, 4.69) is 16.2 Å². The quantitative estimate of drug-likeness (QED) is 0.321. The van der Waals surface area contributed by atoms with Crippen LogP contribution in [0, 0.1) is 5.92 Å². The number of likely N-dealkylation sites (tertiary alicyclic amines) is 1. The Morgan fingerprint density at radius 2 is 2.07 bits per heavy atom. The first kappa shape index (κ1) is 29.6. The molecule has 0 radical (unpaired) electrons. The van der Waals surface area contributed by atoms with E-state index in [4.69, 9.17) is 4.74 Å². The molecule has 6 rings (SSSR count). The first-order chi connectivity index (χ1) is 20.4. The summed E-state index contributed by atoms with van der Waals surface area (Å²) >= 11 is 0. The summed E-state index contributed by atoms with van der Waals surface area (Å²) in [6, 6.07) is 8.47. The molecule has 5 atom stereocenters. The molecule has 4 aliphatic rings. The van der Waals surface area contributed by atoms with Gasteiger partial charge in [-0.25, -0.2) is 0 Å². The van der Waals surface area contributed by atoms with Crippen LogP contribution >= 0.6 is 0 Å². The number of hydrogen-bond donors (Lipinski definition) is 2. The summed E-state index contributed by atoms with van der Waals surface area (Å²) < 4.78 is 48.8. The van der Waals surface area contributed by atoms with Crippen LogP contribution in [0.15, 0.2) is 55.1 Å². The molecular weight excluding hydrogens is 561 g/mol. The molecule has 2 aliphatic heterocycles. The maximum atomic E-state index is 13.9. The van der Waals surface area contributed by atoms with Gasteiger partial charge in [0.15, 0.2) is 11.5 Å². The van der Waals surface area contributed by atoms with Gasteiger partial charge < -0.3 is 24.6 Å². The summed E-state index contributed by atoms with van der Waals surface area (Å²) in [5.41, 5.74) is 0.376. The van der Waals surface area contributed by atoms with Gasteiger partial charge in [-0.1, -0.05) is 38.1 Å². The van der Waals surface area contributed by atoms with Crippen molar-refractivity contribution in [3.63, 3.8) is 0 Å². The van der Waals surface area contributed by atoms with Crippen LogP contribution in [0.2, 0.25) is 0 Å². The molecule has 2 aromatic rings. The number of ether oxygens (including phenoxy) is 2. The van der Waals surface area contributed by atoms with Crippen LogP contribution < -0.4 is 9.47 Å². The molecule has 0 unspecified atom stereocenters. The minimum Gasteiger partial charge on any atom is -0.504 e. The van der Waals surface area contributed by atoms with Crippen LogP contribution in [0.25, 0.3) is 6.08 Å². The minimum atomic E-state index is -4.82. The third-order valence-electron chi connectivity index (χ3n) is 9.66. The number of carbonyl (C=O) groups excluding carboxylic acids is 1. The number of nitrogens with zero attached hydrogens (tertiary/aromatic N) is 2. The van der Waals surface area contributed by atoms with Crippen molar-refractivity contribution in [1.82, 2.24) is 9.80 Å². The lowest BCUT2D eigenvalue weighted by molar-refractivity contribution is -0.274. The second-order valence-electron chi connectivity index (χ2n) is 12.6. The molecule has 1 amide bonds. The maximum absolute atomic E-state index is 13.9. The fourth-order valence-corrected chi connectivity index (χ4v) is 8.17. The number of phenols is 1. The number of aliphatic hydroxyl groups is 1. The van der Waals surface area contributed by atoms with Crippen molar-refractivity contribution in [3.8, 4) is 17.2 Å². The Kier molecular flexibility index (Phi) is 7.28. The van der Waals surface area contributed by atoms with Gasteiger partial charge in [0, 0.05) is 30.8 Å². The van der Waals surface area contributed by atoms with Crippen LogP contribution in [0.4, 0.5) is 13.2 Å². The van der Waals surface area contributed by atoms with Crippen LogP contribution in [0.1, 0.15) is 49.8 Å². The Balaban J connectivity index is 1.36. The number of aromatic hydroxyl groups is 1. The fourth-order valence-electron chi connectivity index (χ4n) is 8.17. The predicted octanol–water partition coefficient (Wildman–Crippen LogP) is 5.20. The number of carbonyl (C=O) groups is 1. The van der Waals surface area contributed by atoms with Gasteiger partial charge in [0.25, 0.3) is 0 Å². The summed E-state index contributed by atoms with van der Waals surface area (Å²) in [6.45, 7) is 9.73. The van der Waals surface area contributed by atoms with Gasteiger partial charge in [-0.15, -0.1) is 19.8 Å². The number of rotatable bonds is 8. The smallest absolute Gasteiger partial charge is 0.504 e. The van der Waals surface area contributed by atoms with E-state index >= 15 is 0 Å². The predicted molar refractivity (Wildman–Crippen MR) is 155 cm³/mol. The number of alkyl halides is 3. The molecule has 2 aliphatic carbocycles. The average molecular weight is 599 g/mol. The maximum Gasteiger partial charge on any atom is 0.573 e. The van der Waals surface area contributed by atoms with Crippen molar-refractivity contribution in [1.29, 1.82) is 0 Å². The summed E-state index contributed by atoms with van der Waals surface area (Å²) in [4.78, 5) is 17.9. The molecule has 7 nitrogen and oxygen atoms in total. The van der Waals surface area contributed by atoms with Gasteiger partial charge in [-0.05, 0) is 73.5 Å². The Labute approximate surface area is 249 Å². The van der Waals surface area contributed by atoms with Gasteiger partial charge >= 0.3 is 6.36 Å². The van der Waals surface area contributed by atoms with E-state index in [0.29, 0.717) is 56.6 Å². The van der Waals surface area contributed by atoms with Crippen LogP contribution in [-0.2, 0) is 16.6 Å². The Morgan fingerprint density at radius 1 is 1.28 bits per heavy atom. The number of hydrogen-bond acceptors (Lipinski definition) is 6. The Morgan fingerprint density at radius 3 is 2.79 bits per heavy atom. The lowest BCUT2D eigenvalue weighted by Crippen LogP contribution is -2.78. The topological polar surface area (TPSA) is 82.5 Å². The monoisotopic (exact) mass is 598 g/mol. The molecule has 2 N–H and O–H groups in total. The second kappa shape index (κ2) is 10.6. The lowest BCUT2D eigenvalue weighted by atomic mass is 9.48. The molecule has 2 aromatic carbocycles. The van der Waals surface area contributed by atoms with Crippen molar-refractivity contribution in [2.45, 2.75) is 75.1 Å². The van der Waals surface area contributed by atoms with Gasteiger partial charge in [-0.3, -0.25) is 9.69 Å². The van der Waals surface area contributed by atoms with E-state index in [1.165, 1.54) is 30.4 Å². The third-order valence-corrected chi connectivity index (χ3v) is 9.66. The molecule has 1 spiro atoms. The van der Waals surface area contributed by atoms with Crippen molar-refractivity contribution >= 4 is 12.0 Å². The van der Waals surface area contributed by atoms with Crippen molar-refractivity contribution in [2.24, 2.45) is 5.92 Å². The van der Waals surface area contributed by atoms with E-state index in [1.807, 2.05) is 26.0 Å². The van der Waals surface area contributed by atoms with Crippen LogP contribution in [0.3, 0.4) is 0 Å². The molecule has 2 fully saturated rings. The average Bonchev–Trinajstić information content (AvgIpc) is 3.29. The van der Waals surface area contributed by atoms with Crippen molar-refractivity contribution in [2.75, 3.05) is 19.6 Å². The lowest BCUT2D eigenvalue weighted by Gasteiger charge is -2.64. The van der Waals surface area contributed by atoms with E-state index < -0.39 is 29.5 Å². The Bertz CT molecular complexity index is 1460. The second-order valence-corrected chi connectivity index (χ2v) is 12.6. The number of amides is 1. The van der Waals surface area contributed by atoms with E-state index in [-0.39, 0.29) is 29.4 Å². The summed E-state index contributed by atoms with van der Waals surface area (Å²) in [5.74, 6) is -0.131. The van der Waals surface area contributed by atoms with E-state index in [0.717, 1.165) is 11.1 Å². The molecule has 43 heavy (non-hydrogen) atoms. The standard InChI is InChI=1S/C33H37F3N2O5/c1-4-15-37-16-14-31-28-22-9-10-25(39)29(28)42-30(31)24(12-13-32(31,41)26(37)18-22)38(19-20(2)3)27(40)11-8-21-6-5-7-23(17-21)43-33(34,35)36/h4-11,17,20,24,26,30,39,41H,1,12-16,18-19H2,2-3H3/t24-,26-,30+,31+,32-/m1/s1. The molecule has 10 heteroatoms. The summed E-state index contributed by atoms with van der Waals surface area (Å²) in [6.07, 6.45) is 1.48. The number of piperidine rings is 1. The highest BCUT2D eigenvalue weighted by Crippen LogP contribution is 2.65. The number of halogens is 3. The van der Waals surface area contributed by atoms with E-state index in [1.54, 1.807) is 17.0 Å². The molecule has 1 saturated carbocycles. The zero-order valence-electron chi connectivity index (χ0n) is 24.3. The first-order valence-electron chi connectivity index (χ1n) is 14.8. The van der Waals surface area contributed by atoms with Gasteiger partial charge in [0.2, 0.25) is 5.91 Å². The number of benzene rings is 2. The number of phenolic OH excluding ortho intramolecular Hbond substituents is 1. The normalized spacial score (nSPS) is 29.3. The molecule has 0 aromatic heterocycles. The SMILES string of the molecule is C=CCN1CC[C@]23c4c5ccc(O)c4O[C@H]2[C@H](N(CC(C)C)C(=O)C=Cc2cccc(OC(F)(F)F)c2)CC[C@@]3(O)[C@H]1C5. The largest absolute Gasteiger partial charge is 0.573 e. The first-order valence-corrected chi connectivity index (χ1v) is 14.8.